The SMILES string of the molecule is CCC(=O)c1cc2cc(C(=O)NCCN(C)C)ccc2[nH]1. The highest BCUT2D eigenvalue weighted by Crippen LogP contribution is 2.18. The predicted molar refractivity (Wildman–Crippen MR) is 83.8 cm³/mol. The van der Waals surface area contributed by atoms with Crippen LogP contribution in [0, 0.1) is 0 Å². The maximum Gasteiger partial charge on any atom is 0.251 e. The summed E-state index contributed by atoms with van der Waals surface area (Å²) in [6.07, 6.45) is 0.463. The Bertz CT molecular complexity index is 659. The normalized spacial score (nSPS) is 11.0. The molecule has 0 aliphatic rings. The quantitative estimate of drug-likeness (QED) is 0.799. The second-order valence-corrected chi connectivity index (χ2v) is 5.32. The summed E-state index contributed by atoms with van der Waals surface area (Å²) in [7, 11) is 3.93. The minimum atomic E-state index is -0.0941. The van der Waals surface area contributed by atoms with Crippen LogP contribution in [0.1, 0.15) is 34.2 Å². The van der Waals surface area contributed by atoms with E-state index in [9.17, 15) is 9.59 Å². The number of carbonyl (C=O) groups is 2. The van der Waals surface area contributed by atoms with Crippen LogP contribution in [-0.4, -0.2) is 48.8 Å². The van der Waals surface area contributed by atoms with Gasteiger partial charge in [0.15, 0.2) is 5.78 Å². The van der Waals surface area contributed by atoms with E-state index in [1.54, 1.807) is 12.1 Å². The van der Waals surface area contributed by atoms with Gasteiger partial charge in [-0.25, -0.2) is 0 Å². The van der Waals surface area contributed by atoms with Crippen LogP contribution in [0.3, 0.4) is 0 Å². The summed E-state index contributed by atoms with van der Waals surface area (Å²) in [5.74, 6) is -0.0218. The fourth-order valence-corrected chi connectivity index (χ4v) is 2.11. The first kappa shape index (κ1) is 15.3. The van der Waals surface area contributed by atoms with E-state index in [0.29, 0.717) is 24.2 Å². The van der Waals surface area contributed by atoms with Crippen molar-refractivity contribution in [3.05, 3.63) is 35.5 Å². The maximum atomic E-state index is 12.1. The number of hydrogen-bond donors (Lipinski definition) is 2. The molecular formula is C16H21N3O2. The highest BCUT2D eigenvalue weighted by atomic mass is 16.1. The summed E-state index contributed by atoms with van der Waals surface area (Å²) < 4.78 is 0. The van der Waals surface area contributed by atoms with Crippen molar-refractivity contribution in [2.45, 2.75) is 13.3 Å². The zero-order valence-corrected chi connectivity index (χ0v) is 12.7. The number of benzene rings is 1. The molecule has 0 unspecified atom stereocenters. The summed E-state index contributed by atoms with van der Waals surface area (Å²) >= 11 is 0. The summed E-state index contributed by atoms with van der Waals surface area (Å²) in [5.41, 5.74) is 2.07. The van der Waals surface area contributed by atoms with Gasteiger partial charge in [0.25, 0.3) is 5.91 Å². The number of aromatic amines is 1. The van der Waals surface area contributed by atoms with E-state index < -0.39 is 0 Å². The Kier molecular flexibility index (Phi) is 4.75. The molecule has 0 radical (unpaired) electrons. The van der Waals surface area contributed by atoms with E-state index >= 15 is 0 Å². The first-order valence-corrected chi connectivity index (χ1v) is 7.10. The fourth-order valence-electron chi connectivity index (χ4n) is 2.11. The van der Waals surface area contributed by atoms with Crippen molar-refractivity contribution in [3.63, 3.8) is 0 Å². The number of fused-ring (bicyclic) bond motifs is 1. The molecule has 0 aliphatic heterocycles. The minimum Gasteiger partial charge on any atom is -0.352 e. The standard InChI is InChI=1S/C16H21N3O2/c1-4-15(20)14-10-12-9-11(5-6-13(12)18-14)16(21)17-7-8-19(2)3/h5-6,9-10,18H,4,7-8H2,1-3H3,(H,17,21). The molecule has 0 spiro atoms. The van der Waals surface area contributed by atoms with E-state index in [-0.39, 0.29) is 11.7 Å². The molecule has 1 aromatic heterocycles. The molecule has 112 valence electrons. The van der Waals surface area contributed by atoms with Crippen LogP contribution in [0.15, 0.2) is 24.3 Å². The number of carbonyl (C=O) groups excluding carboxylic acids is 2. The average molecular weight is 287 g/mol. The lowest BCUT2D eigenvalue weighted by Gasteiger charge is -2.10. The third-order valence-corrected chi connectivity index (χ3v) is 3.35. The number of rotatable bonds is 6. The summed E-state index contributed by atoms with van der Waals surface area (Å²) in [4.78, 5) is 28.8. The van der Waals surface area contributed by atoms with Crippen molar-refractivity contribution in [2.24, 2.45) is 0 Å². The minimum absolute atomic E-state index is 0.0724. The smallest absolute Gasteiger partial charge is 0.251 e. The van der Waals surface area contributed by atoms with Gasteiger partial charge in [-0.1, -0.05) is 6.92 Å². The van der Waals surface area contributed by atoms with Crippen LogP contribution < -0.4 is 5.32 Å². The second-order valence-electron chi connectivity index (χ2n) is 5.32. The van der Waals surface area contributed by atoms with Gasteiger partial charge in [-0.3, -0.25) is 9.59 Å². The molecule has 0 bridgehead atoms. The van der Waals surface area contributed by atoms with Crippen molar-refractivity contribution in [1.29, 1.82) is 0 Å². The third-order valence-electron chi connectivity index (χ3n) is 3.35. The molecule has 2 N–H and O–H groups in total. The van der Waals surface area contributed by atoms with Crippen LogP contribution in [0.25, 0.3) is 10.9 Å². The maximum absolute atomic E-state index is 12.1. The molecule has 2 aromatic rings. The third kappa shape index (κ3) is 3.70. The van der Waals surface area contributed by atoms with E-state index in [1.165, 1.54) is 0 Å². The zero-order valence-electron chi connectivity index (χ0n) is 12.7. The molecule has 0 saturated heterocycles. The number of hydrogen-bond acceptors (Lipinski definition) is 3. The number of Topliss-reactive ketones (excluding diaryl/α,β-unsaturated/α-hetero) is 1. The molecule has 0 saturated carbocycles. The molecule has 5 heteroatoms. The van der Waals surface area contributed by atoms with Crippen LogP contribution in [-0.2, 0) is 0 Å². The van der Waals surface area contributed by atoms with Gasteiger partial charge in [-0.2, -0.15) is 0 Å². The Morgan fingerprint density at radius 1 is 1.24 bits per heavy atom. The van der Waals surface area contributed by atoms with Gasteiger partial charge < -0.3 is 15.2 Å². The van der Waals surface area contributed by atoms with Crippen molar-refractivity contribution >= 4 is 22.6 Å². The molecule has 1 heterocycles. The number of nitrogens with zero attached hydrogens (tertiary/aromatic N) is 1. The lowest BCUT2D eigenvalue weighted by molar-refractivity contribution is 0.0949. The number of nitrogens with one attached hydrogen (secondary N) is 2. The molecule has 5 nitrogen and oxygen atoms in total. The summed E-state index contributed by atoms with van der Waals surface area (Å²) in [5, 5.41) is 3.76. The van der Waals surface area contributed by atoms with Crippen LogP contribution >= 0.6 is 0 Å². The zero-order chi connectivity index (χ0) is 15.4. The van der Waals surface area contributed by atoms with E-state index in [4.69, 9.17) is 0 Å². The largest absolute Gasteiger partial charge is 0.352 e. The molecule has 1 aromatic carbocycles. The number of H-pyrrole nitrogens is 1. The highest BCUT2D eigenvalue weighted by molar-refractivity contribution is 6.02. The molecule has 0 atom stereocenters. The van der Waals surface area contributed by atoms with E-state index in [0.717, 1.165) is 17.4 Å². The van der Waals surface area contributed by atoms with Gasteiger partial charge in [0.05, 0.1) is 5.69 Å². The Morgan fingerprint density at radius 3 is 2.67 bits per heavy atom. The summed E-state index contributed by atoms with van der Waals surface area (Å²) in [6, 6.07) is 7.22. The molecule has 21 heavy (non-hydrogen) atoms. The Morgan fingerprint density at radius 2 is 2.00 bits per heavy atom. The Balaban J connectivity index is 2.14. The predicted octanol–water partition coefficient (Wildman–Crippen LogP) is 2.05. The first-order chi connectivity index (χ1) is 10.0. The molecular weight excluding hydrogens is 266 g/mol. The van der Waals surface area contributed by atoms with Crippen LogP contribution in [0.4, 0.5) is 0 Å². The van der Waals surface area contributed by atoms with Crippen molar-refractivity contribution in [1.82, 2.24) is 15.2 Å². The first-order valence-electron chi connectivity index (χ1n) is 7.10. The van der Waals surface area contributed by atoms with Gasteiger partial charge in [0, 0.05) is 36.0 Å². The van der Waals surface area contributed by atoms with Crippen molar-refractivity contribution in [3.8, 4) is 0 Å². The molecule has 0 fully saturated rings. The number of amides is 1. The van der Waals surface area contributed by atoms with Crippen molar-refractivity contribution in [2.75, 3.05) is 27.2 Å². The van der Waals surface area contributed by atoms with Gasteiger partial charge in [0.2, 0.25) is 0 Å². The molecule has 0 aliphatic carbocycles. The van der Waals surface area contributed by atoms with Crippen LogP contribution in [0.2, 0.25) is 0 Å². The fraction of sp³-hybridized carbons (Fsp3) is 0.375. The Labute approximate surface area is 124 Å². The van der Waals surface area contributed by atoms with Gasteiger partial charge in [-0.15, -0.1) is 0 Å². The number of aromatic nitrogens is 1. The molecule has 1 amide bonds. The van der Waals surface area contributed by atoms with Gasteiger partial charge >= 0.3 is 0 Å². The summed E-state index contributed by atoms with van der Waals surface area (Å²) in [6.45, 7) is 3.24. The van der Waals surface area contributed by atoms with Crippen molar-refractivity contribution < 1.29 is 9.59 Å². The second kappa shape index (κ2) is 6.54. The Hall–Kier alpha value is -2.14. The lowest BCUT2D eigenvalue weighted by Crippen LogP contribution is -2.31. The number of likely N-dealkylation sites (N-methyl/N-ethyl adjacent to an activating group) is 1. The monoisotopic (exact) mass is 287 g/mol. The van der Waals surface area contributed by atoms with E-state index in [2.05, 4.69) is 10.3 Å². The highest BCUT2D eigenvalue weighted by Gasteiger charge is 2.10. The van der Waals surface area contributed by atoms with E-state index in [1.807, 2.05) is 38.1 Å². The average Bonchev–Trinajstić information content (AvgIpc) is 2.88. The molecule has 2 rings (SSSR count). The van der Waals surface area contributed by atoms with Gasteiger partial charge in [0.1, 0.15) is 0 Å². The van der Waals surface area contributed by atoms with Gasteiger partial charge in [-0.05, 0) is 38.4 Å². The van der Waals surface area contributed by atoms with Crippen LogP contribution in [0.5, 0.6) is 0 Å². The lowest BCUT2D eigenvalue weighted by atomic mass is 10.1. The number of ketones is 1. The topological polar surface area (TPSA) is 65.2 Å².